The van der Waals surface area contributed by atoms with Crippen LogP contribution in [-0.4, -0.2) is 56.6 Å². The number of guanidine groups is 1. The smallest absolute Gasteiger partial charge is 0.224 e. The fraction of sp³-hybridized carbons (Fsp3) is 0.333. The quantitative estimate of drug-likeness (QED) is 0.356. The van der Waals surface area contributed by atoms with Gasteiger partial charge in [0.25, 0.3) is 0 Å². The molecule has 1 heterocycles. The van der Waals surface area contributed by atoms with Crippen molar-refractivity contribution in [3.05, 3.63) is 54.6 Å². The van der Waals surface area contributed by atoms with Gasteiger partial charge in [0.15, 0.2) is 5.96 Å². The molecule has 0 saturated carbocycles. The molecule has 0 aliphatic carbocycles. The highest BCUT2D eigenvalue weighted by Gasteiger charge is 2.20. The number of aliphatic imine (C=N–C) groups is 1. The molecule has 156 valence electrons. The Morgan fingerprint density at radius 1 is 1.07 bits per heavy atom. The molecule has 0 atom stereocenters. The zero-order valence-corrected chi connectivity index (χ0v) is 18.9. The van der Waals surface area contributed by atoms with E-state index in [1.807, 2.05) is 47.4 Å². The normalized spacial score (nSPS) is 14.2. The highest BCUT2D eigenvalue weighted by Crippen LogP contribution is 2.22. The lowest BCUT2D eigenvalue weighted by molar-refractivity contribution is -0.131. The SMILES string of the molecule is COc1ccccc1NC(N)=NCCC(=O)N1CCN(c2ccccc2)CC1.I. The van der Waals surface area contributed by atoms with Crippen molar-refractivity contribution in [1.29, 1.82) is 0 Å². The Morgan fingerprint density at radius 2 is 1.72 bits per heavy atom. The van der Waals surface area contributed by atoms with Gasteiger partial charge in [0.2, 0.25) is 5.91 Å². The van der Waals surface area contributed by atoms with E-state index in [-0.39, 0.29) is 35.8 Å². The maximum absolute atomic E-state index is 12.4. The number of carbonyl (C=O) groups excluding carboxylic acids is 1. The third-order valence-corrected chi connectivity index (χ3v) is 4.73. The van der Waals surface area contributed by atoms with Crippen LogP contribution in [0.15, 0.2) is 59.6 Å². The molecule has 0 spiro atoms. The molecule has 3 rings (SSSR count). The van der Waals surface area contributed by atoms with E-state index in [4.69, 9.17) is 10.5 Å². The monoisotopic (exact) mass is 509 g/mol. The second-order valence-corrected chi connectivity index (χ2v) is 6.55. The summed E-state index contributed by atoms with van der Waals surface area (Å²) in [5.41, 5.74) is 7.88. The van der Waals surface area contributed by atoms with Crippen LogP contribution in [-0.2, 0) is 4.79 Å². The molecule has 1 aliphatic heterocycles. The zero-order valence-electron chi connectivity index (χ0n) is 16.6. The van der Waals surface area contributed by atoms with Crippen molar-refractivity contribution >= 4 is 47.2 Å². The van der Waals surface area contributed by atoms with E-state index in [2.05, 4.69) is 27.3 Å². The zero-order chi connectivity index (χ0) is 19.8. The maximum atomic E-state index is 12.4. The number of carbonyl (C=O) groups is 1. The van der Waals surface area contributed by atoms with Crippen molar-refractivity contribution in [2.45, 2.75) is 6.42 Å². The van der Waals surface area contributed by atoms with Gasteiger partial charge >= 0.3 is 0 Å². The second kappa shape index (κ2) is 11.5. The number of para-hydroxylation sites is 3. The third kappa shape index (κ3) is 6.52. The lowest BCUT2D eigenvalue weighted by Crippen LogP contribution is -2.48. The van der Waals surface area contributed by atoms with Crippen molar-refractivity contribution in [2.24, 2.45) is 10.7 Å². The number of amides is 1. The average molecular weight is 509 g/mol. The number of nitrogens with zero attached hydrogens (tertiary/aromatic N) is 3. The predicted molar refractivity (Wildman–Crippen MR) is 128 cm³/mol. The molecular weight excluding hydrogens is 481 g/mol. The number of benzene rings is 2. The predicted octanol–water partition coefficient (Wildman–Crippen LogP) is 2.78. The Kier molecular flexibility index (Phi) is 9.04. The number of hydrogen-bond acceptors (Lipinski definition) is 4. The van der Waals surface area contributed by atoms with Crippen LogP contribution in [0.2, 0.25) is 0 Å². The Morgan fingerprint density at radius 3 is 2.41 bits per heavy atom. The van der Waals surface area contributed by atoms with Crippen LogP contribution < -0.4 is 20.7 Å². The molecule has 0 aromatic heterocycles. The van der Waals surface area contributed by atoms with Gasteiger partial charge in [-0.15, -0.1) is 24.0 Å². The van der Waals surface area contributed by atoms with Gasteiger partial charge in [-0.3, -0.25) is 9.79 Å². The van der Waals surface area contributed by atoms with Crippen molar-refractivity contribution in [2.75, 3.05) is 50.1 Å². The Hall–Kier alpha value is -2.49. The number of ether oxygens (including phenoxy) is 1. The summed E-state index contributed by atoms with van der Waals surface area (Å²) in [6.07, 6.45) is 0.347. The Labute approximate surface area is 188 Å². The molecule has 29 heavy (non-hydrogen) atoms. The first-order valence-electron chi connectivity index (χ1n) is 9.45. The van der Waals surface area contributed by atoms with Crippen molar-refractivity contribution < 1.29 is 9.53 Å². The number of anilines is 2. The molecule has 0 radical (unpaired) electrons. The average Bonchev–Trinajstić information content (AvgIpc) is 2.75. The summed E-state index contributed by atoms with van der Waals surface area (Å²) in [5, 5.41) is 3.01. The van der Waals surface area contributed by atoms with Crippen molar-refractivity contribution in [3.8, 4) is 5.75 Å². The van der Waals surface area contributed by atoms with Crippen molar-refractivity contribution in [1.82, 2.24) is 4.90 Å². The fourth-order valence-corrected chi connectivity index (χ4v) is 3.21. The van der Waals surface area contributed by atoms with E-state index in [0.717, 1.165) is 31.9 Å². The van der Waals surface area contributed by atoms with Crippen LogP contribution in [0.5, 0.6) is 5.75 Å². The van der Waals surface area contributed by atoms with E-state index >= 15 is 0 Å². The number of piperazine rings is 1. The van der Waals surface area contributed by atoms with E-state index in [1.54, 1.807) is 7.11 Å². The van der Waals surface area contributed by atoms with Gasteiger partial charge in [-0.1, -0.05) is 30.3 Å². The highest BCUT2D eigenvalue weighted by molar-refractivity contribution is 14.0. The highest BCUT2D eigenvalue weighted by atomic mass is 127. The van der Waals surface area contributed by atoms with Crippen LogP contribution in [0.4, 0.5) is 11.4 Å². The number of hydrogen-bond donors (Lipinski definition) is 2. The van der Waals surface area contributed by atoms with Gasteiger partial charge in [0, 0.05) is 38.3 Å². The van der Waals surface area contributed by atoms with Crippen LogP contribution in [0.25, 0.3) is 0 Å². The standard InChI is InChI=1S/C21H27N5O2.HI/c1-28-19-10-6-5-9-18(19)24-21(22)23-12-11-20(27)26-15-13-25(14-16-26)17-7-3-2-4-8-17;/h2-10H,11-16H2,1H3,(H3,22,23,24);1H. The number of halogens is 1. The molecule has 8 heteroatoms. The maximum Gasteiger partial charge on any atom is 0.224 e. The fourth-order valence-electron chi connectivity index (χ4n) is 3.21. The molecule has 2 aromatic rings. The first-order valence-corrected chi connectivity index (χ1v) is 9.45. The molecule has 2 aromatic carbocycles. The van der Waals surface area contributed by atoms with Gasteiger partial charge in [-0.05, 0) is 24.3 Å². The molecular formula is C21H28IN5O2. The summed E-state index contributed by atoms with van der Waals surface area (Å²) in [7, 11) is 1.60. The largest absolute Gasteiger partial charge is 0.495 e. The summed E-state index contributed by atoms with van der Waals surface area (Å²) < 4.78 is 5.27. The van der Waals surface area contributed by atoms with E-state index in [0.29, 0.717) is 18.7 Å². The summed E-state index contributed by atoms with van der Waals surface area (Å²) >= 11 is 0. The minimum absolute atomic E-state index is 0. The first kappa shape index (κ1) is 22.8. The van der Waals surface area contributed by atoms with Gasteiger partial charge in [0.1, 0.15) is 5.75 Å². The van der Waals surface area contributed by atoms with Crippen LogP contribution >= 0.6 is 24.0 Å². The molecule has 1 aliphatic rings. The number of nitrogens with two attached hydrogens (primary N) is 1. The Bertz CT molecular complexity index is 808. The first-order chi connectivity index (χ1) is 13.7. The number of nitrogens with one attached hydrogen (secondary N) is 1. The van der Waals surface area contributed by atoms with Crippen LogP contribution in [0.3, 0.4) is 0 Å². The molecule has 3 N–H and O–H groups in total. The lowest BCUT2D eigenvalue weighted by atomic mass is 10.2. The Balaban J connectivity index is 0.00000300. The van der Waals surface area contributed by atoms with Gasteiger partial charge in [0.05, 0.1) is 19.3 Å². The number of rotatable bonds is 6. The molecule has 1 saturated heterocycles. The van der Waals surface area contributed by atoms with Crippen LogP contribution in [0.1, 0.15) is 6.42 Å². The van der Waals surface area contributed by atoms with Crippen LogP contribution in [0, 0.1) is 0 Å². The van der Waals surface area contributed by atoms with Crippen molar-refractivity contribution in [3.63, 3.8) is 0 Å². The van der Waals surface area contributed by atoms with E-state index in [1.165, 1.54) is 5.69 Å². The van der Waals surface area contributed by atoms with E-state index < -0.39 is 0 Å². The number of methoxy groups -OCH3 is 1. The lowest BCUT2D eigenvalue weighted by Gasteiger charge is -2.36. The molecule has 0 bridgehead atoms. The molecule has 0 unspecified atom stereocenters. The summed E-state index contributed by atoms with van der Waals surface area (Å²) in [5.74, 6) is 1.07. The summed E-state index contributed by atoms with van der Waals surface area (Å²) in [6, 6.07) is 17.8. The minimum Gasteiger partial charge on any atom is -0.495 e. The topological polar surface area (TPSA) is 83.2 Å². The van der Waals surface area contributed by atoms with E-state index in [9.17, 15) is 4.79 Å². The third-order valence-electron chi connectivity index (χ3n) is 4.73. The summed E-state index contributed by atoms with van der Waals surface area (Å²) in [6.45, 7) is 3.50. The molecule has 7 nitrogen and oxygen atoms in total. The van der Waals surface area contributed by atoms with Gasteiger partial charge in [-0.2, -0.15) is 0 Å². The summed E-state index contributed by atoms with van der Waals surface area (Å²) in [4.78, 5) is 20.9. The van der Waals surface area contributed by atoms with Gasteiger partial charge < -0.3 is 25.6 Å². The molecule has 1 amide bonds. The van der Waals surface area contributed by atoms with Gasteiger partial charge in [-0.25, -0.2) is 0 Å². The molecule has 1 fully saturated rings. The minimum atomic E-state index is 0. The second-order valence-electron chi connectivity index (χ2n) is 6.55.